The molecule has 0 spiro atoms. The highest BCUT2D eigenvalue weighted by molar-refractivity contribution is 5.45. The van der Waals surface area contributed by atoms with E-state index in [-0.39, 0.29) is 0 Å². The predicted molar refractivity (Wildman–Crippen MR) is 104 cm³/mol. The number of benzene rings is 3. The molecule has 0 radical (unpaired) electrons. The molecule has 3 aromatic carbocycles. The molecule has 0 aliphatic carbocycles. The molecular formula is C23H18N2O2. The Labute approximate surface area is 159 Å². The summed E-state index contributed by atoms with van der Waals surface area (Å²) in [5.74, 6) is 1.47. The summed E-state index contributed by atoms with van der Waals surface area (Å²) >= 11 is 0. The topological polar surface area (TPSA) is 46.6 Å². The van der Waals surface area contributed by atoms with Crippen molar-refractivity contribution in [3.63, 3.8) is 0 Å². The van der Waals surface area contributed by atoms with Crippen molar-refractivity contribution in [2.75, 3.05) is 0 Å². The van der Waals surface area contributed by atoms with Crippen molar-refractivity contribution in [2.45, 2.75) is 20.1 Å². The molecule has 0 aliphatic rings. The zero-order valence-corrected chi connectivity index (χ0v) is 15.0. The zero-order chi connectivity index (χ0) is 19.1. The Morgan fingerprint density at radius 2 is 1.37 bits per heavy atom. The number of rotatable bonds is 6. The molecule has 0 amide bonds. The van der Waals surface area contributed by atoms with Gasteiger partial charge in [0.25, 0.3) is 0 Å². The molecule has 27 heavy (non-hydrogen) atoms. The van der Waals surface area contributed by atoms with Gasteiger partial charge in [-0.15, -0.1) is 0 Å². The molecule has 0 bridgehead atoms. The van der Waals surface area contributed by atoms with Crippen molar-refractivity contribution in [1.82, 2.24) is 0 Å². The highest BCUT2D eigenvalue weighted by Gasteiger charge is 2.03. The van der Waals surface area contributed by atoms with E-state index in [4.69, 9.17) is 21.3 Å². The minimum Gasteiger partial charge on any atom is -0.489 e. The Morgan fingerprint density at radius 3 is 1.85 bits per heavy atom. The zero-order valence-electron chi connectivity index (χ0n) is 15.0. The molecule has 0 unspecified atom stereocenters. The van der Waals surface area contributed by atoms with Crippen molar-refractivity contribution in [2.24, 2.45) is 0 Å². The van der Waals surface area contributed by atoms with Crippen LogP contribution in [0.1, 0.15) is 22.3 Å². The fraction of sp³-hybridized carbons (Fsp3) is 0.130. The first-order valence-electron chi connectivity index (χ1n) is 8.49. The molecule has 0 fully saturated rings. The number of hydrogen-bond acceptors (Lipinski definition) is 3. The number of nitriles is 1. The van der Waals surface area contributed by atoms with Gasteiger partial charge in [0.2, 0.25) is 0 Å². The average molecular weight is 354 g/mol. The smallest absolute Gasteiger partial charge is 0.187 e. The van der Waals surface area contributed by atoms with Crippen LogP contribution in [0.25, 0.3) is 4.85 Å². The first kappa shape index (κ1) is 18.0. The lowest BCUT2D eigenvalue weighted by Gasteiger charge is -2.11. The van der Waals surface area contributed by atoms with Gasteiger partial charge in [-0.05, 0) is 47.9 Å². The lowest BCUT2D eigenvalue weighted by Crippen LogP contribution is -1.98. The SMILES string of the molecule is [C-]#[N+]c1ccc(COc2cc(C)cc(OCc3ccc(C#N)cc3)c2)cc1. The highest BCUT2D eigenvalue weighted by atomic mass is 16.5. The lowest BCUT2D eigenvalue weighted by atomic mass is 10.1. The normalized spacial score (nSPS) is 9.89. The maximum absolute atomic E-state index is 8.85. The lowest BCUT2D eigenvalue weighted by molar-refractivity contribution is 0.289. The Hall–Kier alpha value is -3.76. The van der Waals surface area contributed by atoms with Gasteiger partial charge in [-0.3, -0.25) is 0 Å². The van der Waals surface area contributed by atoms with Crippen LogP contribution in [-0.2, 0) is 13.2 Å². The Bertz CT molecular complexity index is 915. The van der Waals surface area contributed by atoms with Crippen LogP contribution < -0.4 is 9.47 Å². The second-order valence-electron chi connectivity index (χ2n) is 6.15. The summed E-state index contributed by atoms with van der Waals surface area (Å²) in [7, 11) is 0. The van der Waals surface area contributed by atoms with Crippen LogP contribution in [0.2, 0.25) is 0 Å². The first-order chi connectivity index (χ1) is 13.2. The van der Waals surface area contributed by atoms with E-state index >= 15 is 0 Å². The molecule has 4 heteroatoms. The van der Waals surface area contributed by atoms with Crippen molar-refractivity contribution < 1.29 is 9.47 Å². The average Bonchev–Trinajstić information content (AvgIpc) is 2.71. The summed E-state index contributed by atoms with van der Waals surface area (Å²) in [6, 6.07) is 22.6. The molecule has 0 aliphatic heterocycles. The molecular weight excluding hydrogens is 336 g/mol. The Balaban J connectivity index is 1.62. The molecule has 0 saturated carbocycles. The second-order valence-corrected chi connectivity index (χ2v) is 6.15. The minimum atomic E-state index is 0.423. The van der Waals surface area contributed by atoms with Crippen LogP contribution in [0.15, 0.2) is 66.7 Å². The number of aryl methyl sites for hydroxylation is 1. The van der Waals surface area contributed by atoms with E-state index in [1.165, 1.54) is 0 Å². The maximum atomic E-state index is 8.85. The van der Waals surface area contributed by atoms with E-state index in [2.05, 4.69) is 10.9 Å². The van der Waals surface area contributed by atoms with Crippen molar-refractivity contribution >= 4 is 5.69 Å². The van der Waals surface area contributed by atoms with Gasteiger partial charge >= 0.3 is 0 Å². The molecule has 3 aromatic rings. The van der Waals surface area contributed by atoms with E-state index < -0.39 is 0 Å². The number of ether oxygens (including phenoxy) is 2. The summed E-state index contributed by atoms with van der Waals surface area (Å²) in [4.78, 5) is 3.39. The van der Waals surface area contributed by atoms with Gasteiger partial charge in [-0.2, -0.15) is 5.26 Å². The number of hydrogen-bond donors (Lipinski definition) is 0. The molecule has 3 rings (SSSR count). The van der Waals surface area contributed by atoms with Crippen molar-refractivity contribution in [3.05, 3.63) is 100 Å². The van der Waals surface area contributed by atoms with Crippen LogP contribution >= 0.6 is 0 Å². The standard InChI is InChI=1S/C23H18N2O2/c1-17-11-22(26-15-19-5-3-18(14-24)4-6-19)13-23(12-17)27-16-20-7-9-21(25-2)10-8-20/h3-13H,15-16H2,1H3. The largest absolute Gasteiger partial charge is 0.489 e. The summed E-state index contributed by atoms with van der Waals surface area (Å²) in [6.45, 7) is 9.83. The van der Waals surface area contributed by atoms with E-state index in [1.54, 1.807) is 24.3 Å². The Kier molecular flexibility index (Phi) is 5.72. The van der Waals surface area contributed by atoms with Crippen molar-refractivity contribution in [3.8, 4) is 17.6 Å². The molecule has 0 heterocycles. The van der Waals surface area contributed by atoms with E-state index in [0.717, 1.165) is 28.2 Å². The molecule has 0 saturated heterocycles. The van der Waals surface area contributed by atoms with Gasteiger partial charge in [0, 0.05) is 6.07 Å². The van der Waals surface area contributed by atoms with Gasteiger partial charge in [-0.25, -0.2) is 4.85 Å². The summed E-state index contributed by atoms with van der Waals surface area (Å²) in [5.41, 5.74) is 4.30. The van der Waals surface area contributed by atoms with Crippen LogP contribution in [0.4, 0.5) is 5.69 Å². The third-order valence-corrected chi connectivity index (χ3v) is 3.98. The van der Waals surface area contributed by atoms with E-state index in [9.17, 15) is 0 Å². The highest BCUT2D eigenvalue weighted by Crippen LogP contribution is 2.24. The van der Waals surface area contributed by atoms with Gasteiger partial charge < -0.3 is 9.47 Å². The number of nitrogens with zero attached hydrogens (tertiary/aromatic N) is 2. The minimum absolute atomic E-state index is 0.423. The summed E-state index contributed by atoms with van der Waals surface area (Å²) < 4.78 is 11.7. The molecule has 0 atom stereocenters. The third kappa shape index (κ3) is 5.11. The van der Waals surface area contributed by atoms with Gasteiger partial charge in [-0.1, -0.05) is 36.4 Å². The second kappa shape index (κ2) is 8.56. The quantitative estimate of drug-likeness (QED) is 0.543. The van der Waals surface area contributed by atoms with Gasteiger partial charge in [0.15, 0.2) is 5.69 Å². The predicted octanol–water partition coefficient (Wildman–Crippen LogP) is 5.58. The van der Waals surface area contributed by atoms with Gasteiger partial charge in [0.1, 0.15) is 24.7 Å². The van der Waals surface area contributed by atoms with Crippen LogP contribution in [-0.4, -0.2) is 0 Å². The fourth-order valence-electron chi connectivity index (χ4n) is 2.56. The molecule has 4 nitrogen and oxygen atoms in total. The van der Waals surface area contributed by atoms with E-state index in [0.29, 0.717) is 24.5 Å². The van der Waals surface area contributed by atoms with E-state index in [1.807, 2.05) is 49.4 Å². The maximum Gasteiger partial charge on any atom is 0.187 e. The van der Waals surface area contributed by atoms with Crippen LogP contribution in [0, 0.1) is 24.8 Å². The fourth-order valence-corrected chi connectivity index (χ4v) is 2.56. The Morgan fingerprint density at radius 1 is 0.852 bits per heavy atom. The van der Waals surface area contributed by atoms with Crippen LogP contribution in [0.3, 0.4) is 0 Å². The van der Waals surface area contributed by atoms with Crippen LogP contribution in [0.5, 0.6) is 11.5 Å². The monoisotopic (exact) mass is 354 g/mol. The van der Waals surface area contributed by atoms with Crippen molar-refractivity contribution in [1.29, 1.82) is 5.26 Å². The summed E-state index contributed by atoms with van der Waals surface area (Å²) in [5, 5.41) is 8.85. The molecule has 0 aromatic heterocycles. The molecule has 0 N–H and O–H groups in total. The molecule has 132 valence electrons. The summed E-state index contributed by atoms with van der Waals surface area (Å²) in [6.07, 6.45) is 0. The third-order valence-electron chi connectivity index (χ3n) is 3.98. The van der Waals surface area contributed by atoms with Gasteiger partial charge in [0.05, 0.1) is 18.2 Å². The first-order valence-corrected chi connectivity index (χ1v) is 8.49.